The SMILES string of the molecule is Cc1noc(C)c1C(=O)N1CCOC(CN(C)c2nccn(C)c2=O)C1. The smallest absolute Gasteiger partial charge is 0.293 e. The number of hydrogen-bond donors (Lipinski definition) is 0. The molecule has 3 rings (SSSR count). The number of carbonyl (C=O) groups excluding carboxylic acids is 1. The first-order chi connectivity index (χ1) is 12.4. The van der Waals surface area contributed by atoms with E-state index in [1.54, 1.807) is 50.1 Å². The third-order valence-corrected chi connectivity index (χ3v) is 4.51. The summed E-state index contributed by atoms with van der Waals surface area (Å²) in [4.78, 5) is 32.6. The number of likely N-dealkylation sites (N-methyl/N-ethyl adjacent to an activating group) is 1. The number of carbonyl (C=O) groups is 1. The highest BCUT2D eigenvalue weighted by Gasteiger charge is 2.29. The van der Waals surface area contributed by atoms with Gasteiger partial charge in [0.05, 0.1) is 18.4 Å². The van der Waals surface area contributed by atoms with Crippen molar-refractivity contribution in [2.45, 2.75) is 20.0 Å². The Morgan fingerprint density at radius 1 is 1.42 bits per heavy atom. The summed E-state index contributed by atoms with van der Waals surface area (Å²) < 4.78 is 12.4. The van der Waals surface area contributed by atoms with Gasteiger partial charge in [-0.2, -0.15) is 0 Å². The number of aryl methyl sites for hydroxylation is 3. The van der Waals surface area contributed by atoms with E-state index in [0.717, 1.165) is 0 Å². The monoisotopic (exact) mass is 361 g/mol. The van der Waals surface area contributed by atoms with Gasteiger partial charge in [0.15, 0.2) is 5.82 Å². The van der Waals surface area contributed by atoms with Crippen molar-refractivity contribution in [3.63, 3.8) is 0 Å². The second kappa shape index (κ2) is 7.28. The number of hydrogen-bond acceptors (Lipinski definition) is 7. The lowest BCUT2D eigenvalue weighted by Crippen LogP contribution is -2.50. The molecule has 0 bridgehead atoms. The first kappa shape index (κ1) is 18.1. The summed E-state index contributed by atoms with van der Waals surface area (Å²) in [5.74, 6) is 0.767. The summed E-state index contributed by atoms with van der Waals surface area (Å²) in [6.07, 6.45) is 2.98. The van der Waals surface area contributed by atoms with Crippen LogP contribution in [-0.4, -0.2) is 64.9 Å². The highest BCUT2D eigenvalue weighted by atomic mass is 16.5. The van der Waals surface area contributed by atoms with Gasteiger partial charge in [-0.1, -0.05) is 5.16 Å². The molecule has 0 aliphatic carbocycles. The zero-order valence-corrected chi connectivity index (χ0v) is 15.4. The third kappa shape index (κ3) is 3.48. The molecule has 3 heterocycles. The second-order valence-electron chi connectivity index (χ2n) is 6.49. The van der Waals surface area contributed by atoms with Crippen LogP contribution >= 0.6 is 0 Å². The molecule has 1 amide bonds. The fourth-order valence-electron chi connectivity index (χ4n) is 3.10. The standard InChI is InChI=1S/C17H23N5O4/c1-11-14(12(2)26-19-11)16(23)22-7-8-25-13(10-22)9-21(4)15-17(24)20(3)6-5-18-15/h5-6,13H,7-10H2,1-4H3. The van der Waals surface area contributed by atoms with Crippen molar-refractivity contribution in [3.05, 3.63) is 39.8 Å². The Morgan fingerprint density at radius 3 is 2.88 bits per heavy atom. The minimum Gasteiger partial charge on any atom is -0.373 e. The molecule has 9 heteroatoms. The van der Waals surface area contributed by atoms with Crippen molar-refractivity contribution in [1.82, 2.24) is 19.6 Å². The van der Waals surface area contributed by atoms with Crippen LogP contribution in [-0.2, 0) is 11.8 Å². The molecule has 1 fully saturated rings. The molecule has 2 aromatic heterocycles. The van der Waals surface area contributed by atoms with E-state index < -0.39 is 0 Å². The Labute approximate surface area is 151 Å². The Balaban J connectivity index is 1.70. The highest BCUT2D eigenvalue weighted by molar-refractivity contribution is 5.96. The topological polar surface area (TPSA) is 93.7 Å². The summed E-state index contributed by atoms with van der Waals surface area (Å²) >= 11 is 0. The molecule has 1 aliphatic rings. The molecular formula is C17H23N5O4. The van der Waals surface area contributed by atoms with Gasteiger partial charge >= 0.3 is 0 Å². The average Bonchev–Trinajstić information content (AvgIpc) is 2.95. The predicted octanol–water partition coefficient (Wildman–Crippen LogP) is 0.363. The van der Waals surface area contributed by atoms with Gasteiger partial charge in [-0.3, -0.25) is 9.59 Å². The normalized spacial score (nSPS) is 17.4. The minimum atomic E-state index is -0.218. The van der Waals surface area contributed by atoms with Crippen molar-refractivity contribution in [2.75, 3.05) is 38.2 Å². The molecule has 26 heavy (non-hydrogen) atoms. The van der Waals surface area contributed by atoms with Crippen LogP contribution in [0.15, 0.2) is 21.7 Å². The van der Waals surface area contributed by atoms with Crippen molar-refractivity contribution in [2.24, 2.45) is 7.05 Å². The van der Waals surface area contributed by atoms with E-state index in [9.17, 15) is 9.59 Å². The Hall–Kier alpha value is -2.68. The van der Waals surface area contributed by atoms with Crippen molar-refractivity contribution in [1.29, 1.82) is 0 Å². The molecular weight excluding hydrogens is 338 g/mol. The van der Waals surface area contributed by atoms with Crippen LogP contribution in [0.5, 0.6) is 0 Å². The Kier molecular flexibility index (Phi) is 5.08. The number of nitrogens with zero attached hydrogens (tertiary/aromatic N) is 5. The van der Waals surface area contributed by atoms with Crippen LogP contribution in [0.2, 0.25) is 0 Å². The first-order valence-electron chi connectivity index (χ1n) is 8.45. The molecule has 0 saturated carbocycles. The van der Waals surface area contributed by atoms with Gasteiger partial charge in [-0.05, 0) is 13.8 Å². The Bertz CT molecular complexity index is 840. The van der Waals surface area contributed by atoms with Crippen LogP contribution in [0.3, 0.4) is 0 Å². The van der Waals surface area contributed by atoms with E-state index in [4.69, 9.17) is 9.26 Å². The molecule has 1 saturated heterocycles. The molecule has 1 atom stereocenters. The molecule has 0 N–H and O–H groups in total. The van der Waals surface area contributed by atoms with Gasteiger partial charge in [0.25, 0.3) is 11.5 Å². The molecule has 1 aliphatic heterocycles. The van der Waals surface area contributed by atoms with Crippen molar-refractivity contribution >= 4 is 11.7 Å². The van der Waals surface area contributed by atoms with Crippen LogP contribution in [0, 0.1) is 13.8 Å². The summed E-state index contributed by atoms with van der Waals surface area (Å²) in [7, 11) is 3.48. The number of anilines is 1. The summed E-state index contributed by atoms with van der Waals surface area (Å²) in [6, 6.07) is 0. The van der Waals surface area contributed by atoms with E-state index in [1.807, 2.05) is 0 Å². The van der Waals surface area contributed by atoms with Gasteiger partial charge in [0, 0.05) is 46.1 Å². The first-order valence-corrected chi connectivity index (χ1v) is 8.45. The summed E-state index contributed by atoms with van der Waals surface area (Å²) in [5, 5.41) is 3.85. The maximum Gasteiger partial charge on any atom is 0.293 e. The minimum absolute atomic E-state index is 0.106. The Morgan fingerprint density at radius 2 is 2.19 bits per heavy atom. The number of morpholine rings is 1. The zero-order valence-electron chi connectivity index (χ0n) is 15.4. The zero-order chi connectivity index (χ0) is 18.8. The van der Waals surface area contributed by atoms with Gasteiger partial charge in [-0.25, -0.2) is 4.98 Å². The van der Waals surface area contributed by atoms with E-state index in [2.05, 4.69) is 10.1 Å². The number of ether oxygens (including phenoxy) is 1. The van der Waals surface area contributed by atoms with Crippen molar-refractivity contribution < 1.29 is 14.1 Å². The lowest BCUT2D eigenvalue weighted by Gasteiger charge is -2.35. The second-order valence-corrected chi connectivity index (χ2v) is 6.49. The summed E-state index contributed by atoms with van der Waals surface area (Å²) in [6.45, 7) is 5.32. The molecule has 0 radical (unpaired) electrons. The number of rotatable bonds is 4. The van der Waals surface area contributed by atoms with Gasteiger partial charge in [0.1, 0.15) is 11.3 Å². The maximum absolute atomic E-state index is 12.8. The highest BCUT2D eigenvalue weighted by Crippen LogP contribution is 2.18. The predicted molar refractivity (Wildman–Crippen MR) is 94.4 cm³/mol. The van der Waals surface area contributed by atoms with E-state index >= 15 is 0 Å². The number of amides is 1. The van der Waals surface area contributed by atoms with Crippen LogP contribution in [0.1, 0.15) is 21.8 Å². The van der Waals surface area contributed by atoms with E-state index in [-0.39, 0.29) is 17.6 Å². The van der Waals surface area contributed by atoms with Gasteiger partial charge < -0.3 is 23.6 Å². The molecule has 0 aromatic carbocycles. The van der Waals surface area contributed by atoms with Crippen LogP contribution in [0.25, 0.3) is 0 Å². The molecule has 0 spiro atoms. The molecule has 2 aromatic rings. The molecule has 9 nitrogen and oxygen atoms in total. The van der Waals surface area contributed by atoms with E-state index in [1.165, 1.54) is 4.57 Å². The largest absolute Gasteiger partial charge is 0.373 e. The number of aromatic nitrogens is 3. The maximum atomic E-state index is 12.8. The van der Waals surface area contributed by atoms with Gasteiger partial charge in [-0.15, -0.1) is 0 Å². The third-order valence-electron chi connectivity index (χ3n) is 4.51. The fourth-order valence-corrected chi connectivity index (χ4v) is 3.10. The van der Waals surface area contributed by atoms with Crippen LogP contribution < -0.4 is 10.5 Å². The fraction of sp³-hybridized carbons (Fsp3) is 0.529. The quantitative estimate of drug-likeness (QED) is 0.776. The van der Waals surface area contributed by atoms with Crippen molar-refractivity contribution in [3.8, 4) is 0 Å². The molecule has 1 unspecified atom stereocenters. The van der Waals surface area contributed by atoms with E-state index in [0.29, 0.717) is 49.1 Å². The average molecular weight is 361 g/mol. The van der Waals surface area contributed by atoms with Crippen LogP contribution in [0.4, 0.5) is 5.82 Å². The lowest BCUT2D eigenvalue weighted by molar-refractivity contribution is -0.0173. The summed E-state index contributed by atoms with van der Waals surface area (Å²) in [5.41, 5.74) is 0.928. The lowest BCUT2D eigenvalue weighted by atomic mass is 10.1. The molecule has 140 valence electrons. The van der Waals surface area contributed by atoms with Gasteiger partial charge in [0.2, 0.25) is 0 Å².